The molecule has 0 aliphatic carbocycles. The molecule has 0 bridgehead atoms. The molecule has 0 saturated heterocycles. The minimum Gasteiger partial charge on any atom is -0.427 e. The van der Waals surface area contributed by atoms with Gasteiger partial charge in [0.2, 0.25) is 0 Å². The molecule has 7 heteroatoms. The van der Waals surface area contributed by atoms with E-state index >= 15 is 0 Å². The molecule has 3 aromatic rings. The van der Waals surface area contributed by atoms with Gasteiger partial charge in [0.15, 0.2) is 0 Å². The lowest BCUT2D eigenvalue weighted by atomic mass is 10.1. The zero-order valence-corrected chi connectivity index (χ0v) is 17.4. The number of fused-ring (bicyclic) bond motifs is 1. The van der Waals surface area contributed by atoms with E-state index in [0.717, 1.165) is 16.5 Å². The van der Waals surface area contributed by atoms with E-state index in [9.17, 15) is 9.59 Å². The van der Waals surface area contributed by atoms with Crippen molar-refractivity contribution in [3.05, 3.63) is 68.7 Å². The van der Waals surface area contributed by atoms with Crippen molar-refractivity contribution in [2.45, 2.75) is 33.1 Å². The lowest BCUT2D eigenvalue weighted by molar-refractivity contribution is -0.131. The molecular weight excluding hydrogens is 422 g/mol. The summed E-state index contributed by atoms with van der Waals surface area (Å²) in [7, 11) is 0. The van der Waals surface area contributed by atoms with Crippen molar-refractivity contribution in [1.82, 2.24) is 9.66 Å². The van der Waals surface area contributed by atoms with E-state index in [1.54, 1.807) is 36.5 Å². The summed E-state index contributed by atoms with van der Waals surface area (Å²) in [4.78, 5) is 28.7. The molecule has 1 heterocycles. The van der Waals surface area contributed by atoms with Crippen LogP contribution < -0.4 is 10.3 Å². The maximum Gasteiger partial charge on any atom is 0.308 e. The largest absolute Gasteiger partial charge is 0.427 e. The maximum atomic E-state index is 13.0. The Kier molecular flexibility index (Phi) is 6.04. The molecule has 144 valence electrons. The summed E-state index contributed by atoms with van der Waals surface area (Å²) in [6.45, 7) is 5.42. The van der Waals surface area contributed by atoms with Gasteiger partial charge in [-0.15, -0.1) is 0 Å². The molecule has 0 aliphatic rings. The first kappa shape index (κ1) is 19.9. The number of aromatic nitrogens is 2. The Bertz CT molecular complexity index is 1100. The van der Waals surface area contributed by atoms with Crippen LogP contribution in [-0.2, 0) is 4.79 Å². The van der Waals surface area contributed by atoms with Crippen LogP contribution in [0, 0.1) is 0 Å². The van der Waals surface area contributed by atoms with Gasteiger partial charge in [0.05, 0.1) is 17.1 Å². The summed E-state index contributed by atoms with van der Waals surface area (Å²) in [5, 5.41) is 4.91. The van der Waals surface area contributed by atoms with Gasteiger partial charge in [0, 0.05) is 17.3 Å². The van der Waals surface area contributed by atoms with Gasteiger partial charge in [-0.25, -0.2) is 4.98 Å². The normalized spacial score (nSPS) is 12.4. The number of carbonyl (C=O) groups excluding carboxylic acids is 1. The molecule has 28 heavy (non-hydrogen) atoms. The molecule has 0 aliphatic heterocycles. The number of carbonyl (C=O) groups is 1. The summed E-state index contributed by atoms with van der Waals surface area (Å²) in [5.41, 5.74) is 1.21. The van der Waals surface area contributed by atoms with Crippen LogP contribution in [0.2, 0.25) is 0 Å². The SMILES string of the molecule is CC[C@@H](C)c1nc2ccc(Br)cc2c(=O)n1N=Cc1ccc(OC(C)=O)cc1. The molecule has 1 aromatic heterocycles. The Morgan fingerprint density at radius 2 is 2.00 bits per heavy atom. The first-order valence-corrected chi connectivity index (χ1v) is 9.73. The average molecular weight is 442 g/mol. The Morgan fingerprint density at radius 1 is 1.29 bits per heavy atom. The second-order valence-corrected chi connectivity index (χ2v) is 7.38. The first-order chi connectivity index (χ1) is 13.4. The van der Waals surface area contributed by atoms with Crippen LogP contribution in [0.4, 0.5) is 0 Å². The minimum absolute atomic E-state index is 0.0734. The number of rotatable bonds is 5. The quantitative estimate of drug-likeness (QED) is 0.332. The van der Waals surface area contributed by atoms with Gasteiger partial charge in [0.1, 0.15) is 11.6 Å². The summed E-state index contributed by atoms with van der Waals surface area (Å²) in [6.07, 6.45) is 2.43. The van der Waals surface area contributed by atoms with E-state index in [1.807, 2.05) is 26.0 Å². The number of esters is 1. The summed E-state index contributed by atoms with van der Waals surface area (Å²) >= 11 is 3.40. The second kappa shape index (κ2) is 8.48. The van der Waals surface area contributed by atoms with Crippen LogP contribution in [0.25, 0.3) is 10.9 Å². The number of hydrogen-bond donors (Lipinski definition) is 0. The maximum absolute atomic E-state index is 13.0. The van der Waals surface area contributed by atoms with Crippen LogP contribution in [-0.4, -0.2) is 21.8 Å². The number of nitrogens with zero attached hydrogens (tertiary/aromatic N) is 3. The Hall–Kier alpha value is -2.80. The average Bonchev–Trinajstić information content (AvgIpc) is 2.67. The fraction of sp³-hybridized carbons (Fsp3) is 0.238. The number of ether oxygens (including phenoxy) is 1. The highest BCUT2D eigenvalue weighted by Crippen LogP contribution is 2.21. The molecule has 6 nitrogen and oxygen atoms in total. The zero-order chi connectivity index (χ0) is 20.3. The Labute approximate surface area is 171 Å². The topological polar surface area (TPSA) is 73.6 Å². The molecule has 1 atom stereocenters. The molecular formula is C21H20BrN3O3. The molecule has 0 saturated carbocycles. The fourth-order valence-electron chi connectivity index (χ4n) is 2.69. The van der Waals surface area contributed by atoms with Crippen molar-refractivity contribution < 1.29 is 9.53 Å². The van der Waals surface area contributed by atoms with Gasteiger partial charge in [-0.05, 0) is 54.4 Å². The third-order valence-electron chi connectivity index (χ3n) is 4.35. The van der Waals surface area contributed by atoms with Gasteiger partial charge >= 0.3 is 5.97 Å². The zero-order valence-electron chi connectivity index (χ0n) is 15.8. The number of benzene rings is 2. The van der Waals surface area contributed by atoms with Gasteiger partial charge < -0.3 is 4.74 Å². The predicted molar refractivity (Wildman–Crippen MR) is 113 cm³/mol. The summed E-state index contributed by atoms with van der Waals surface area (Å²) in [5.74, 6) is 0.776. The fourth-order valence-corrected chi connectivity index (χ4v) is 3.05. The van der Waals surface area contributed by atoms with Crippen LogP contribution in [0.3, 0.4) is 0 Å². The lowest BCUT2D eigenvalue weighted by Crippen LogP contribution is -2.23. The lowest BCUT2D eigenvalue weighted by Gasteiger charge is -2.14. The first-order valence-electron chi connectivity index (χ1n) is 8.94. The summed E-state index contributed by atoms with van der Waals surface area (Å²) in [6, 6.07) is 12.3. The second-order valence-electron chi connectivity index (χ2n) is 6.46. The van der Waals surface area contributed by atoms with E-state index in [4.69, 9.17) is 4.74 Å². The van der Waals surface area contributed by atoms with Crippen LogP contribution in [0.1, 0.15) is 44.5 Å². The van der Waals surface area contributed by atoms with E-state index < -0.39 is 0 Å². The highest BCUT2D eigenvalue weighted by atomic mass is 79.9. The van der Waals surface area contributed by atoms with Crippen LogP contribution >= 0.6 is 15.9 Å². The molecule has 0 amide bonds. The van der Waals surface area contributed by atoms with Crippen molar-refractivity contribution in [3.8, 4) is 5.75 Å². The monoisotopic (exact) mass is 441 g/mol. The molecule has 0 fully saturated rings. The smallest absolute Gasteiger partial charge is 0.308 e. The van der Waals surface area contributed by atoms with E-state index in [1.165, 1.54) is 11.6 Å². The van der Waals surface area contributed by atoms with Crippen molar-refractivity contribution >= 4 is 39.0 Å². The van der Waals surface area contributed by atoms with Gasteiger partial charge in [0.25, 0.3) is 5.56 Å². The van der Waals surface area contributed by atoms with Crippen LogP contribution in [0.5, 0.6) is 5.75 Å². The highest BCUT2D eigenvalue weighted by molar-refractivity contribution is 9.10. The predicted octanol–water partition coefficient (Wildman–Crippen LogP) is 4.48. The third kappa shape index (κ3) is 4.36. The summed E-state index contributed by atoms with van der Waals surface area (Å²) < 4.78 is 7.20. The van der Waals surface area contributed by atoms with E-state index in [0.29, 0.717) is 22.5 Å². The highest BCUT2D eigenvalue weighted by Gasteiger charge is 2.15. The third-order valence-corrected chi connectivity index (χ3v) is 4.84. The Morgan fingerprint density at radius 3 is 2.64 bits per heavy atom. The van der Waals surface area contributed by atoms with Gasteiger partial charge in [-0.1, -0.05) is 29.8 Å². The van der Waals surface area contributed by atoms with Crippen molar-refractivity contribution in [2.24, 2.45) is 5.10 Å². The Balaban J connectivity index is 2.05. The van der Waals surface area contributed by atoms with E-state index in [2.05, 4.69) is 26.0 Å². The van der Waals surface area contributed by atoms with Crippen molar-refractivity contribution in [2.75, 3.05) is 0 Å². The van der Waals surface area contributed by atoms with Crippen molar-refractivity contribution in [3.63, 3.8) is 0 Å². The molecule has 0 radical (unpaired) electrons. The molecule has 3 rings (SSSR count). The van der Waals surface area contributed by atoms with Gasteiger partial charge in [-0.3, -0.25) is 9.59 Å². The van der Waals surface area contributed by atoms with Crippen molar-refractivity contribution in [1.29, 1.82) is 0 Å². The molecule has 0 unspecified atom stereocenters. The van der Waals surface area contributed by atoms with Crippen LogP contribution in [0.15, 0.2) is 56.8 Å². The molecule has 0 N–H and O–H groups in total. The van der Waals surface area contributed by atoms with Gasteiger partial charge in [-0.2, -0.15) is 9.78 Å². The molecule has 2 aromatic carbocycles. The minimum atomic E-state index is -0.375. The molecule has 0 spiro atoms. The number of hydrogen-bond acceptors (Lipinski definition) is 5. The standard InChI is InChI=1S/C21H20BrN3O3/c1-4-13(2)20-24-19-10-7-16(22)11-18(19)21(27)25(20)23-12-15-5-8-17(9-6-15)28-14(3)26/h5-13H,4H2,1-3H3/t13-/m1/s1. The number of halogens is 1. The van der Waals surface area contributed by atoms with E-state index in [-0.39, 0.29) is 17.4 Å².